The lowest BCUT2D eigenvalue weighted by molar-refractivity contribution is -0.233. The molecule has 0 aromatic heterocycles. The van der Waals surface area contributed by atoms with Crippen LogP contribution in [0.4, 0.5) is 0 Å². The SMILES string of the molecule is CC(C)[C@@H]1CC[C@]2(C)CC[C@]3(C)[C@H](CC[C@@H]4[C@]5(C)[C@H]6O[C@H]6C(=O)C(C)(C)[C@@H]5CC[C@@]43C)[C@@H]12. The van der Waals surface area contributed by atoms with Crippen molar-refractivity contribution in [3.63, 3.8) is 0 Å². The van der Waals surface area contributed by atoms with Crippen LogP contribution in [0, 0.1) is 62.6 Å². The van der Waals surface area contributed by atoms with E-state index in [1.807, 2.05) is 0 Å². The van der Waals surface area contributed by atoms with Crippen molar-refractivity contribution in [2.24, 2.45) is 62.6 Å². The monoisotopic (exact) mass is 440 g/mol. The highest BCUT2D eigenvalue weighted by molar-refractivity contribution is 5.92. The summed E-state index contributed by atoms with van der Waals surface area (Å²) in [5, 5.41) is 0. The Kier molecular flexibility index (Phi) is 4.31. The molecule has 1 aliphatic heterocycles. The largest absolute Gasteiger partial charge is 0.361 e. The van der Waals surface area contributed by atoms with Gasteiger partial charge in [0.2, 0.25) is 0 Å². The summed E-state index contributed by atoms with van der Waals surface area (Å²) in [5.41, 5.74) is 1.32. The highest BCUT2D eigenvalue weighted by Crippen LogP contribution is 2.78. The molecule has 1 saturated heterocycles. The van der Waals surface area contributed by atoms with E-state index < -0.39 is 0 Å². The highest BCUT2D eigenvalue weighted by atomic mass is 16.6. The van der Waals surface area contributed by atoms with Gasteiger partial charge in [-0.1, -0.05) is 55.4 Å². The molecule has 5 aliphatic carbocycles. The van der Waals surface area contributed by atoms with Gasteiger partial charge in [0.15, 0.2) is 5.78 Å². The van der Waals surface area contributed by atoms with Gasteiger partial charge in [0, 0.05) is 10.8 Å². The molecule has 0 unspecified atom stereocenters. The maximum Gasteiger partial charge on any atom is 0.170 e. The minimum atomic E-state index is -0.231. The Balaban J connectivity index is 1.42. The highest BCUT2D eigenvalue weighted by Gasteiger charge is 2.77. The van der Waals surface area contributed by atoms with Crippen LogP contribution in [0.3, 0.4) is 0 Å². The number of ether oxygens (including phenoxy) is 1. The Morgan fingerprint density at radius 3 is 2.22 bits per heavy atom. The van der Waals surface area contributed by atoms with E-state index in [4.69, 9.17) is 4.74 Å². The molecule has 0 radical (unpaired) electrons. The number of epoxide rings is 1. The van der Waals surface area contributed by atoms with Crippen LogP contribution in [-0.2, 0) is 9.53 Å². The molecule has 0 spiro atoms. The first-order valence-corrected chi connectivity index (χ1v) is 14.0. The maximum absolute atomic E-state index is 13.2. The summed E-state index contributed by atoms with van der Waals surface area (Å²) in [7, 11) is 0. The number of rotatable bonds is 1. The molecule has 2 heteroatoms. The predicted molar refractivity (Wildman–Crippen MR) is 129 cm³/mol. The normalized spacial score (nSPS) is 60.2. The number of Topliss-reactive ketones (excluding diaryl/α,β-unsaturated/α-hetero) is 1. The smallest absolute Gasteiger partial charge is 0.170 e. The van der Waals surface area contributed by atoms with Crippen molar-refractivity contribution < 1.29 is 9.53 Å². The topological polar surface area (TPSA) is 29.6 Å². The Labute approximate surface area is 197 Å². The zero-order valence-electron chi connectivity index (χ0n) is 22.1. The van der Waals surface area contributed by atoms with Gasteiger partial charge >= 0.3 is 0 Å². The minimum absolute atomic E-state index is 0.103. The van der Waals surface area contributed by atoms with Crippen LogP contribution in [-0.4, -0.2) is 18.0 Å². The lowest BCUT2D eigenvalue weighted by Crippen LogP contribution is -2.68. The van der Waals surface area contributed by atoms with E-state index in [1.54, 1.807) is 0 Å². The van der Waals surface area contributed by atoms with Crippen molar-refractivity contribution in [3.05, 3.63) is 0 Å². The summed E-state index contributed by atoms with van der Waals surface area (Å²) < 4.78 is 6.25. The van der Waals surface area contributed by atoms with E-state index in [9.17, 15) is 4.79 Å². The van der Waals surface area contributed by atoms with E-state index in [0.717, 1.165) is 23.7 Å². The van der Waals surface area contributed by atoms with E-state index in [0.29, 0.717) is 33.9 Å². The maximum atomic E-state index is 13.2. The molecule has 11 atom stereocenters. The predicted octanol–water partition coefficient (Wildman–Crippen LogP) is 7.30. The van der Waals surface area contributed by atoms with Gasteiger partial charge in [0.1, 0.15) is 6.10 Å². The summed E-state index contributed by atoms with van der Waals surface area (Å²) in [4.78, 5) is 13.2. The molecule has 5 saturated carbocycles. The zero-order valence-corrected chi connectivity index (χ0v) is 22.1. The van der Waals surface area contributed by atoms with Crippen molar-refractivity contribution in [1.82, 2.24) is 0 Å². The van der Waals surface area contributed by atoms with Gasteiger partial charge in [0.05, 0.1) is 6.10 Å². The van der Waals surface area contributed by atoms with E-state index in [2.05, 4.69) is 55.4 Å². The Morgan fingerprint density at radius 2 is 1.53 bits per heavy atom. The molecule has 1 heterocycles. The fourth-order valence-electron chi connectivity index (χ4n) is 11.9. The summed E-state index contributed by atoms with van der Waals surface area (Å²) in [6.45, 7) is 20.1. The van der Waals surface area contributed by atoms with E-state index >= 15 is 0 Å². The fraction of sp³-hybridized carbons (Fsp3) is 0.967. The number of carbonyl (C=O) groups excluding carboxylic acids is 1. The number of hydrogen-bond acceptors (Lipinski definition) is 2. The summed E-state index contributed by atoms with van der Waals surface area (Å²) in [6, 6.07) is 0. The molecule has 0 N–H and O–H groups in total. The molecule has 32 heavy (non-hydrogen) atoms. The molecule has 6 rings (SSSR count). The van der Waals surface area contributed by atoms with Crippen LogP contribution >= 0.6 is 0 Å². The molecule has 0 bridgehead atoms. The molecule has 2 nitrogen and oxygen atoms in total. The molecule has 0 amide bonds. The first-order chi connectivity index (χ1) is 14.8. The van der Waals surface area contributed by atoms with Crippen LogP contribution in [0.25, 0.3) is 0 Å². The van der Waals surface area contributed by atoms with Gasteiger partial charge in [-0.3, -0.25) is 4.79 Å². The van der Waals surface area contributed by atoms with Crippen LogP contribution < -0.4 is 0 Å². The van der Waals surface area contributed by atoms with E-state index in [1.165, 1.54) is 51.4 Å². The average Bonchev–Trinajstić information content (AvgIpc) is 3.44. The first kappa shape index (κ1) is 22.1. The number of hydrogen-bond donors (Lipinski definition) is 0. The Morgan fingerprint density at radius 1 is 0.812 bits per heavy atom. The van der Waals surface area contributed by atoms with Gasteiger partial charge in [-0.25, -0.2) is 0 Å². The molecule has 0 aromatic carbocycles. The van der Waals surface area contributed by atoms with Crippen molar-refractivity contribution in [2.75, 3.05) is 0 Å². The van der Waals surface area contributed by atoms with Crippen LogP contribution in [0.1, 0.15) is 107 Å². The number of fused-ring (bicyclic) bond motifs is 9. The second-order valence-electron chi connectivity index (χ2n) is 15.2. The average molecular weight is 441 g/mol. The minimum Gasteiger partial charge on any atom is -0.361 e. The molecule has 6 aliphatic rings. The molecular formula is C30H48O2. The van der Waals surface area contributed by atoms with Gasteiger partial charge in [0.25, 0.3) is 0 Å². The van der Waals surface area contributed by atoms with Gasteiger partial charge < -0.3 is 4.74 Å². The Bertz CT molecular complexity index is 844. The molecule has 180 valence electrons. The summed E-state index contributed by atoms with van der Waals surface area (Å²) >= 11 is 0. The third kappa shape index (κ3) is 2.31. The van der Waals surface area contributed by atoms with Gasteiger partial charge in [-0.2, -0.15) is 0 Å². The van der Waals surface area contributed by atoms with Crippen molar-refractivity contribution >= 4 is 5.78 Å². The second kappa shape index (κ2) is 6.24. The quantitative estimate of drug-likeness (QED) is 0.400. The van der Waals surface area contributed by atoms with Crippen LogP contribution in [0.2, 0.25) is 0 Å². The van der Waals surface area contributed by atoms with Gasteiger partial charge in [-0.05, 0) is 103 Å². The first-order valence-electron chi connectivity index (χ1n) is 14.0. The lowest BCUT2D eigenvalue weighted by Gasteiger charge is -2.72. The number of ketones is 1. The summed E-state index contributed by atoms with van der Waals surface area (Å²) in [5.74, 6) is 5.10. The standard InChI is InChI=1S/C30H48O2/c1-17(2)18-11-13-27(5)15-16-28(6)19(22(18)27)9-10-21-29(28,7)14-12-20-26(3,4)24(31)23-25(32-23)30(20,21)8/h17-23,25H,9-16H2,1-8H3/t18-,19+,20-,21-,22+,23-,25-,27+,28+,29-,30+/m0/s1. The third-order valence-corrected chi connectivity index (χ3v) is 13.8. The zero-order chi connectivity index (χ0) is 23.1. The van der Waals surface area contributed by atoms with Crippen molar-refractivity contribution in [1.29, 1.82) is 0 Å². The third-order valence-electron chi connectivity index (χ3n) is 13.8. The van der Waals surface area contributed by atoms with E-state index in [-0.39, 0.29) is 23.0 Å². The van der Waals surface area contributed by atoms with Crippen LogP contribution in [0.15, 0.2) is 0 Å². The van der Waals surface area contributed by atoms with Crippen molar-refractivity contribution in [2.45, 2.75) is 119 Å². The van der Waals surface area contributed by atoms with Gasteiger partial charge in [-0.15, -0.1) is 0 Å². The van der Waals surface area contributed by atoms with Crippen LogP contribution in [0.5, 0.6) is 0 Å². The molecule has 6 fully saturated rings. The second-order valence-corrected chi connectivity index (χ2v) is 15.2. The molecule has 0 aromatic rings. The van der Waals surface area contributed by atoms with Crippen molar-refractivity contribution in [3.8, 4) is 0 Å². The number of carbonyl (C=O) groups is 1. The fourth-order valence-corrected chi connectivity index (χ4v) is 11.9. The lowest BCUT2D eigenvalue weighted by atomic mass is 9.32. The molecular weight excluding hydrogens is 392 g/mol. The summed E-state index contributed by atoms with van der Waals surface area (Å²) in [6.07, 6.45) is 11.2. The Hall–Kier alpha value is -0.370.